The Labute approximate surface area is 145 Å². The summed E-state index contributed by atoms with van der Waals surface area (Å²) < 4.78 is 1.08. The van der Waals surface area contributed by atoms with E-state index in [1.54, 1.807) is 11.8 Å². The van der Waals surface area contributed by atoms with Crippen LogP contribution in [0.15, 0.2) is 27.6 Å². The number of amides is 1. The first-order chi connectivity index (χ1) is 9.60. The standard InChI is InChI=1S/C15H21BrN2OS.ClH/c1-11-8-12(16)5-6-14(11)20-10-15(19)18-7-3-4-13(9-18)17-2;/h5-6,8,13,17H,3-4,7,9-10H2,1-2H3;1H. The first kappa shape index (κ1) is 18.8. The van der Waals surface area contributed by atoms with E-state index >= 15 is 0 Å². The van der Waals surface area contributed by atoms with Gasteiger partial charge in [-0.1, -0.05) is 15.9 Å². The van der Waals surface area contributed by atoms with Gasteiger partial charge in [-0.05, 0) is 50.6 Å². The molecule has 2 rings (SSSR count). The molecule has 1 aliphatic rings. The van der Waals surface area contributed by atoms with Crippen molar-refractivity contribution in [3.8, 4) is 0 Å². The number of thioether (sulfide) groups is 1. The van der Waals surface area contributed by atoms with Crippen LogP contribution in [0.1, 0.15) is 18.4 Å². The van der Waals surface area contributed by atoms with Crippen LogP contribution in [0.4, 0.5) is 0 Å². The van der Waals surface area contributed by atoms with Gasteiger partial charge in [0.2, 0.25) is 5.91 Å². The third-order valence-electron chi connectivity index (χ3n) is 3.67. The van der Waals surface area contributed by atoms with E-state index in [9.17, 15) is 4.79 Å². The van der Waals surface area contributed by atoms with Gasteiger partial charge in [0.15, 0.2) is 0 Å². The summed E-state index contributed by atoms with van der Waals surface area (Å²) in [5, 5.41) is 3.27. The zero-order valence-electron chi connectivity index (χ0n) is 12.4. The van der Waals surface area contributed by atoms with Crippen molar-refractivity contribution in [1.82, 2.24) is 10.2 Å². The number of hydrogen-bond acceptors (Lipinski definition) is 3. The highest BCUT2D eigenvalue weighted by Crippen LogP contribution is 2.25. The molecule has 1 aromatic carbocycles. The van der Waals surface area contributed by atoms with Crippen LogP contribution in [0, 0.1) is 6.92 Å². The molecule has 0 radical (unpaired) electrons. The molecule has 1 unspecified atom stereocenters. The summed E-state index contributed by atoms with van der Waals surface area (Å²) in [4.78, 5) is 15.5. The SMILES string of the molecule is CNC1CCCN(C(=O)CSc2ccc(Br)cc2C)C1.Cl. The molecule has 1 amide bonds. The van der Waals surface area contributed by atoms with E-state index < -0.39 is 0 Å². The third kappa shape index (κ3) is 5.47. The van der Waals surface area contributed by atoms with Crippen LogP contribution in [0.5, 0.6) is 0 Å². The summed E-state index contributed by atoms with van der Waals surface area (Å²) in [7, 11) is 1.97. The van der Waals surface area contributed by atoms with Gasteiger partial charge in [-0.25, -0.2) is 0 Å². The molecule has 1 N–H and O–H groups in total. The topological polar surface area (TPSA) is 32.3 Å². The minimum atomic E-state index is 0. The Morgan fingerprint density at radius 1 is 1.52 bits per heavy atom. The van der Waals surface area contributed by atoms with E-state index in [-0.39, 0.29) is 18.3 Å². The zero-order valence-corrected chi connectivity index (χ0v) is 15.6. The number of nitrogens with one attached hydrogen (secondary N) is 1. The van der Waals surface area contributed by atoms with E-state index in [0.717, 1.165) is 24.0 Å². The van der Waals surface area contributed by atoms with Crippen molar-refractivity contribution in [1.29, 1.82) is 0 Å². The maximum Gasteiger partial charge on any atom is 0.232 e. The summed E-state index contributed by atoms with van der Waals surface area (Å²) in [6, 6.07) is 6.64. The number of aryl methyl sites for hydroxylation is 1. The Bertz CT molecular complexity index is 487. The fourth-order valence-corrected chi connectivity index (χ4v) is 3.83. The number of piperidine rings is 1. The molecule has 1 saturated heterocycles. The monoisotopic (exact) mass is 392 g/mol. The first-order valence-electron chi connectivity index (χ1n) is 6.94. The van der Waals surface area contributed by atoms with Crippen molar-refractivity contribution in [2.24, 2.45) is 0 Å². The Balaban J connectivity index is 0.00000220. The lowest BCUT2D eigenvalue weighted by Crippen LogP contribution is -2.47. The molecule has 0 spiro atoms. The van der Waals surface area contributed by atoms with Gasteiger partial charge in [-0.3, -0.25) is 4.79 Å². The number of benzene rings is 1. The van der Waals surface area contributed by atoms with E-state index in [1.165, 1.54) is 16.9 Å². The van der Waals surface area contributed by atoms with Crippen molar-refractivity contribution >= 4 is 46.0 Å². The predicted molar refractivity (Wildman–Crippen MR) is 95.5 cm³/mol. The molecule has 0 saturated carbocycles. The number of hydrogen-bond donors (Lipinski definition) is 1. The molecule has 1 aromatic rings. The fraction of sp³-hybridized carbons (Fsp3) is 0.533. The van der Waals surface area contributed by atoms with Crippen LogP contribution in [-0.2, 0) is 4.79 Å². The van der Waals surface area contributed by atoms with Gasteiger partial charge in [-0.2, -0.15) is 0 Å². The second-order valence-electron chi connectivity index (χ2n) is 5.17. The first-order valence-corrected chi connectivity index (χ1v) is 8.72. The summed E-state index contributed by atoms with van der Waals surface area (Å²) >= 11 is 5.10. The lowest BCUT2D eigenvalue weighted by Gasteiger charge is -2.32. The summed E-state index contributed by atoms with van der Waals surface area (Å²) in [5.41, 5.74) is 1.21. The van der Waals surface area contributed by atoms with Gasteiger partial charge >= 0.3 is 0 Å². The number of likely N-dealkylation sites (tertiary alicyclic amines) is 1. The molecule has 3 nitrogen and oxygen atoms in total. The molecule has 1 heterocycles. The molecule has 1 fully saturated rings. The number of halogens is 2. The van der Waals surface area contributed by atoms with Crippen LogP contribution in [0.25, 0.3) is 0 Å². The summed E-state index contributed by atoms with van der Waals surface area (Å²) in [6.07, 6.45) is 2.26. The van der Waals surface area contributed by atoms with Crippen LogP contribution < -0.4 is 5.32 Å². The molecule has 1 aliphatic heterocycles. The minimum absolute atomic E-state index is 0. The molecular formula is C15H22BrClN2OS. The quantitative estimate of drug-likeness (QED) is 0.795. The van der Waals surface area contributed by atoms with E-state index in [4.69, 9.17) is 0 Å². The van der Waals surface area contributed by atoms with Crippen molar-refractivity contribution in [3.05, 3.63) is 28.2 Å². The molecule has 0 aromatic heterocycles. The summed E-state index contributed by atoms with van der Waals surface area (Å²) in [5.74, 6) is 0.774. The van der Waals surface area contributed by atoms with E-state index in [1.807, 2.05) is 18.0 Å². The van der Waals surface area contributed by atoms with E-state index in [2.05, 4.69) is 40.3 Å². The van der Waals surface area contributed by atoms with Gasteiger partial charge in [0, 0.05) is 28.5 Å². The van der Waals surface area contributed by atoms with Gasteiger partial charge in [0.25, 0.3) is 0 Å². The van der Waals surface area contributed by atoms with Crippen molar-refractivity contribution in [3.63, 3.8) is 0 Å². The number of carbonyl (C=O) groups is 1. The average molecular weight is 394 g/mol. The number of rotatable bonds is 4. The fourth-order valence-electron chi connectivity index (χ4n) is 2.44. The Kier molecular flexibility index (Phi) is 8.09. The predicted octanol–water partition coefficient (Wildman–Crippen LogP) is 3.48. The molecule has 0 bridgehead atoms. The van der Waals surface area contributed by atoms with Crippen LogP contribution in [0.3, 0.4) is 0 Å². The highest BCUT2D eigenvalue weighted by atomic mass is 79.9. The van der Waals surface area contributed by atoms with Crippen LogP contribution >= 0.6 is 40.1 Å². The highest BCUT2D eigenvalue weighted by Gasteiger charge is 2.22. The number of likely N-dealkylation sites (N-methyl/N-ethyl adjacent to an activating group) is 1. The molecule has 0 aliphatic carbocycles. The van der Waals surface area contributed by atoms with Gasteiger partial charge < -0.3 is 10.2 Å². The Morgan fingerprint density at radius 2 is 2.29 bits per heavy atom. The van der Waals surface area contributed by atoms with E-state index in [0.29, 0.717) is 11.8 Å². The second-order valence-corrected chi connectivity index (χ2v) is 7.10. The molecular weight excluding hydrogens is 372 g/mol. The van der Waals surface area contributed by atoms with Gasteiger partial charge in [-0.15, -0.1) is 24.2 Å². The summed E-state index contributed by atoms with van der Waals surface area (Å²) in [6.45, 7) is 3.82. The van der Waals surface area contributed by atoms with Gasteiger partial charge in [0.1, 0.15) is 0 Å². The number of nitrogens with zero attached hydrogens (tertiary/aromatic N) is 1. The Morgan fingerprint density at radius 3 is 2.95 bits per heavy atom. The maximum absolute atomic E-state index is 12.3. The average Bonchev–Trinajstić information content (AvgIpc) is 2.46. The smallest absolute Gasteiger partial charge is 0.232 e. The highest BCUT2D eigenvalue weighted by molar-refractivity contribution is 9.10. The molecule has 21 heavy (non-hydrogen) atoms. The lowest BCUT2D eigenvalue weighted by atomic mass is 10.1. The second kappa shape index (κ2) is 9.03. The largest absolute Gasteiger partial charge is 0.340 e. The zero-order chi connectivity index (χ0) is 14.5. The maximum atomic E-state index is 12.3. The normalized spacial score (nSPS) is 18.2. The van der Waals surface area contributed by atoms with Gasteiger partial charge in [0.05, 0.1) is 5.75 Å². The van der Waals surface area contributed by atoms with Crippen LogP contribution in [0.2, 0.25) is 0 Å². The Hall–Kier alpha value is -0.230. The molecule has 118 valence electrons. The van der Waals surface area contributed by atoms with Crippen molar-refractivity contribution in [2.75, 3.05) is 25.9 Å². The molecule has 6 heteroatoms. The lowest BCUT2D eigenvalue weighted by molar-refractivity contribution is -0.129. The third-order valence-corrected chi connectivity index (χ3v) is 5.32. The molecule has 1 atom stereocenters. The van der Waals surface area contributed by atoms with Crippen molar-refractivity contribution < 1.29 is 4.79 Å². The van der Waals surface area contributed by atoms with Crippen molar-refractivity contribution in [2.45, 2.75) is 30.7 Å². The minimum Gasteiger partial charge on any atom is -0.340 e. The number of carbonyl (C=O) groups excluding carboxylic acids is 1. The van der Waals surface area contributed by atoms with Crippen LogP contribution in [-0.4, -0.2) is 42.7 Å².